The third kappa shape index (κ3) is 14.6. The number of hydrogen-bond acceptors (Lipinski definition) is 14. The maximum absolute atomic E-state index is 14.5. The van der Waals surface area contributed by atoms with Crippen LogP contribution in [0, 0.1) is 11.6 Å². The highest BCUT2D eigenvalue weighted by atomic mass is 35.5. The number of nitrogens with zero attached hydrogens (tertiary/aromatic N) is 4. The van der Waals surface area contributed by atoms with Crippen LogP contribution in [0.15, 0.2) is 107 Å². The van der Waals surface area contributed by atoms with E-state index < -0.39 is 77.4 Å². The molecule has 0 spiro atoms. The number of hydrogen-bond donors (Lipinski definition) is 3. The van der Waals surface area contributed by atoms with E-state index in [1.807, 2.05) is 60.7 Å². The van der Waals surface area contributed by atoms with Gasteiger partial charge in [-0.2, -0.15) is 0 Å². The number of carbonyl (C=O) groups is 3. The first-order valence-corrected chi connectivity index (χ1v) is 23.5. The molecular weight excluding hydrogens is 924 g/mol. The van der Waals surface area contributed by atoms with E-state index in [-0.39, 0.29) is 48.4 Å². The van der Waals surface area contributed by atoms with E-state index in [1.165, 1.54) is 58.3 Å². The van der Waals surface area contributed by atoms with Crippen molar-refractivity contribution < 1.29 is 54.2 Å². The largest absolute Gasteiger partial charge is 0.461 e. The summed E-state index contributed by atoms with van der Waals surface area (Å²) in [5, 5.41) is 2.32. The number of halogens is 3. The number of alkyl carbamates (subject to hydrolysis) is 1. The van der Waals surface area contributed by atoms with Crippen molar-refractivity contribution in [1.29, 1.82) is 0 Å². The topological polar surface area (TPSA) is 242 Å². The molecule has 0 saturated heterocycles. The van der Waals surface area contributed by atoms with Crippen LogP contribution in [0.5, 0.6) is 0 Å². The Hall–Kier alpha value is -6.32. The number of guanidine groups is 2. The average Bonchev–Trinajstić information content (AvgIpc) is 3.22. The van der Waals surface area contributed by atoms with Gasteiger partial charge in [0.05, 0.1) is 17.9 Å². The molecule has 1 amide bonds. The molecule has 17 nitrogen and oxygen atoms in total. The molecule has 356 valence electrons. The number of nitrogens with one attached hydrogen (secondary N) is 1. The number of ether oxygens (including phenoxy) is 3. The van der Waals surface area contributed by atoms with Crippen molar-refractivity contribution in [3.8, 4) is 0 Å². The molecule has 22 heteroatoms. The van der Waals surface area contributed by atoms with Gasteiger partial charge in [-0.15, -0.1) is 0 Å². The quantitative estimate of drug-likeness (QED) is 0.0768. The average molecular weight is 977 g/mol. The van der Waals surface area contributed by atoms with Gasteiger partial charge in [-0.3, -0.25) is 10.1 Å². The van der Waals surface area contributed by atoms with Crippen molar-refractivity contribution in [1.82, 2.24) is 13.9 Å². The lowest BCUT2D eigenvalue weighted by atomic mass is 9.92. The Balaban J connectivity index is 0.000000236. The van der Waals surface area contributed by atoms with Gasteiger partial charge in [0.15, 0.2) is 0 Å². The zero-order valence-electron chi connectivity index (χ0n) is 37.2. The van der Waals surface area contributed by atoms with Crippen LogP contribution in [0.1, 0.15) is 62.4 Å². The van der Waals surface area contributed by atoms with Gasteiger partial charge >= 0.3 is 17.5 Å². The predicted molar refractivity (Wildman–Crippen MR) is 246 cm³/mol. The highest BCUT2D eigenvalue weighted by Crippen LogP contribution is 2.36. The summed E-state index contributed by atoms with van der Waals surface area (Å²) in [5.41, 5.74) is 9.67. The number of anilines is 1. The second-order valence-corrected chi connectivity index (χ2v) is 20.7. The minimum Gasteiger partial charge on any atom is -0.461 e. The van der Waals surface area contributed by atoms with Gasteiger partial charge in [0.2, 0.25) is 32.0 Å². The Morgan fingerprint density at radius 2 is 1.21 bits per heavy atom. The van der Waals surface area contributed by atoms with Crippen LogP contribution in [-0.2, 0) is 69.8 Å². The molecule has 2 aliphatic heterocycles. The molecule has 0 bridgehead atoms. The zero-order chi connectivity index (χ0) is 49.3. The molecule has 0 saturated carbocycles. The Labute approximate surface area is 387 Å². The lowest BCUT2D eigenvalue weighted by Crippen LogP contribution is -2.54. The molecule has 4 aromatic carbocycles. The smallest absolute Gasteiger partial charge is 0.414 e. The summed E-state index contributed by atoms with van der Waals surface area (Å²) in [6.07, 6.45) is -0.946. The van der Waals surface area contributed by atoms with Gasteiger partial charge in [-0.25, -0.2) is 53.8 Å². The molecule has 2 atom stereocenters. The van der Waals surface area contributed by atoms with Crippen LogP contribution >= 0.6 is 11.6 Å². The minimum atomic E-state index is -3.86. The Kier molecular flexibility index (Phi) is 16.9. The molecule has 0 radical (unpaired) electrons. The number of nitrogens with two attached hydrogens (primary N) is 2. The Morgan fingerprint density at radius 3 is 1.73 bits per heavy atom. The summed E-state index contributed by atoms with van der Waals surface area (Å²) in [6, 6.07) is 26.6. The van der Waals surface area contributed by atoms with E-state index in [0.29, 0.717) is 5.56 Å². The minimum absolute atomic E-state index is 0.0256. The molecule has 0 aliphatic carbocycles. The van der Waals surface area contributed by atoms with Gasteiger partial charge in [-0.05, 0) is 81.6 Å². The summed E-state index contributed by atoms with van der Waals surface area (Å²) < 4.78 is 95.3. The van der Waals surface area contributed by atoms with Gasteiger partial charge in [0, 0.05) is 42.5 Å². The number of benzene rings is 4. The van der Waals surface area contributed by atoms with Crippen molar-refractivity contribution in [3.05, 3.63) is 137 Å². The number of carbonyl (C=O) groups excluding carboxylic acids is 3. The SMILES string of the molecule is CN1C(N)=N[C@](C)(c2cc(CC(=O)OCc3ccccc3)ccc2F)CS1(=O)=O.CN1C(NC(=O)OC(C)(C)C)=N[C@](C)(c2cc(N)ccc2F)CS1(=O)=O.O=C(Cl)OCc1ccccc1. The zero-order valence-corrected chi connectivity index (χ0v) is 39.6. The van der Waals surface area contributed by atoms with Crippen molar-refractivity contribution >= 4 is 66.7 Å². The first-order chi connectivity index (χ1) is 30.6. The summed E-state index contributed by atoms with van der Waals surface area (Å²) >= 11 is 4.97. The second-order valence-electron chi connectivity index (χ2n) is 16.4. The van der Waals surface area contributed by atoms with E-state index in [4.69, 9.17) is 32.5 Å². The number of esters is 1. The second kappa shape index (κ2) is 21.3. The van der Waals surface area contributed by atoms with Crippen LogP contribution < -0.4 is 16.8 Å². The standard InChI is InChI=1S/C20H22FN3O4S.C16H23FN4O4S.C8H7ClO2/c1-20(13-29(26,27)24(2)19(22)23-20)16-10-15(8-9-17(16)21)11-18(25)28-12-14-6-4-3-5-7-14;1-15(2,3)25-14(22)19-13-20-16(4,9-26(23,24)21(13)5)11-8-10(18)6-7-12(11)17;9-8(10)11-6-7-4-2-1-3-5-7/h3-10H,11-13H2,1-2H3,(H2,22,23);6-8H,9,18H2,1-5H3,(H,19,20,22);1-5H,6H2/t20-;16-;/m00./s1. The fourth-order valence-electron chi connectivity index (χ4n) is 6.37. The maximum atomic E-state index is 14.5. The van der Waals surface area contributed by atoms with Crippen LogP contribution in [0.3, 0.4) is 0 Å². The molecule has 5 N–H and O–H groups in total. The highest BCUT2D eigenvalue weighted by Gasteiger charge is 2.44. The van der Waals surface area contributed by atoms with E-state index in [0.717, 1.165) is 25.8 Å². The molecule has 2 aliphatic rings. The normalized spacial score (nSPS) is 19.5. The number of sulfonamides is 2. The summed E-state index contributed by atoms with van der Waals surface area (Å²) in [6.45, 7) is 8.35. The van der Waals surface area contributed by atoms with Gasteiger partial charge < -0.3 is 25.7 Å². The summed E-state index contributed by atoms with van der Waals surface area (Å²) in [7, 11) is -5.05. The summed E-state index contributed by atoms with van der Waals surface area (Å²) in [4.78, 5) is 42.8. The van der Waals surface area contributed by atoms with E-state index >= 15 is 0 Å². The molecule has 66 heavy (non-hydrogen) atoms. The van der Waals surface area contributed by atoms with Crippen molar-refractivity contribution in [2.75, 3.05) is 31.3 Å². The van der Waals surface area contributed by atoms with Gasteiger partial charge in [0.1, 0.15) is 41.5 Å². The van der Waals surface area contributed by atoms with Crippen molar-refractivity contribution in [2.24, 2.45) is 15.7 Å². The monoisotopic (exact) mass is 975 g/mol. The van der Waals surface area contributed by atoms with E-state index in [2.05, 4.69) is 20.0 Å². The fourth-order valence-corrected chi connectivity index (χ4v) is 9.35. The fraction of sp³-hybridized carbons (Fsp3) is 0.341. The predicted octanol–water partition coefficient (Wildman–Crippen LogP) is 6.26. The number of rotatable bonds is 8. The van der Waals surface area contributed by atoms with Crippen molar-refractivity contribution in [2.45, 2.75) is 70.9 Å². The number of aliphatic imine (C=N–C) groups is 2. The van der Waals surface area contributed by atoms with Crippen LogP contribution in [0.25, 0.3) is 0 Å². The van der Waals surface area contributed by atoms with E-state index in [1.54, 1.807) is 20.8 Å². The third-order valence-corrected chi connectivity index (χ3v) is 13.7. The molecule has 0 fully saturated rings. The highest BCUT2D eigenvalue weighted by molar-refractivity contribution is 7.90. The first kappa shape index (κ1) is 52.3. The van der Waals surface area contributed by atoms with Crippen LogP contribution in [0.4, 0.5) is 24.1 Å². The van der Waals surface area contributed by atoms with Crippen LogP contribution in [0.2, 0.25) is 0 Å². The Bertz CT molecular complexity index is 2690. The van der Waals surface area contributed by atoms with E-state index in [9.17, 15) is 40.0 Å². The maximum Gasteiger partial charge on any atom is 0.414 e. The number of nitrogen functional groups attached to an aromatic ring is 1. The molecular formula is C44H52ClF2N7O10S2. The van der Waals surface area contributed by atoms with Crippen molar-refractivity contribution in [3.63, 3.8) is 0 Å². The Morgan fingerprint density at radius 1 is 0.727 bits per heavy atom. The first-order valence-electron chi connectivity index (χ1n) is 19.9. The molecule has 2 heterocycles. The lowest BCUT2D eigenvalue weighted by Gasteiger charge is -2.36. The van der Waals surface area contributed by atoms with Gasteiger partial charge in [0.25, 0.3) is 0 Å². The molecule has 0 unspecified atom stereocenters. The van der Waals surface area contributed by atoms with Crippen LogP contribution in [-0.4, -0.2) is 86.1 Å². The lowest BCUT2D eigenvalue weighted by molar-refractivity contribution is -0.144. The molecule has 4 aromatic rings. The molecule has 6 rings (SSSR count). The van der Waals surface area contributed by atoms with Gasteiger partial charge in [-0.1, -0.05) is 66.7 Å². The summed E-state index contributed by atoms with van der Waals surface area (Å²) in [5.74, 6) is -3.12. The molecule has 0 aromatic heterocycles. The third-order valence-electron chi connectivity index (χ3n) is 9.68. The number of amides is 1.